The fourth-order valence-electron chi connectivity index (χ4n) is 2.57. The molecule has 1 fully saturated rings. The average molecular weight is 185 g/mol. The van der Waals surface area contributed by atoms with Gasteiger partial charge in [0.1, 0.15) is 0 Å². The van der Waals surface area contributed by atoms with E-state index in [1.165, 1.54) is 25.7 Å². The topological polar surface area (TPSA) is 46.2 Å². The molecule has 78 valence electrons. The summed E-state index contributed by atoms with van der Waals surface area (Å²) in [5.74, 6) is 0.295. The van der Waals surface area contributed by atoms with Gasteiger partial charge in [0.05, 0.1) is 6.10 Å². The minimum absolute atomic E-state index is 0.153. The molecule has 1 aliphatic rings. The first kappa shape index (κ1) is 11.0. The number of nitrogens with two attached hydrogens (primary N) is 1. The predicted octanol–water partition coefficient (Wildman–Crippen LogP) is 1.91. The lowest BCUT2D eigenvalue weighted by Crippen LogP contribution is -2.39. The summed E-state index contributed by atoms with van der Waals surface area (Å²) in [5.41, 5.74) is 5.80. The maximum absolute atomic E-state index is 10.2. The van der Waals surface area contributed by atoms with Crippen LogP contribution in [0.5, 0.6) is 0 Å². The zero-order valence-corrected chi connectivity index (χ0v) is 8.92. The molecule has 3 N–H and O–H groups in total. The number of rotatable bonds is 4. The minimum atomic E-state index is -0.190. The van der Waals surface area contributed by atoms with Crippen LogP contribution in [-0.2, 0) is 0 Å². The zero-order valence-electron chi connectivity index (χ0n) is 8.92. The fraction of sp³-hybridized carbons (Fsp3) is 1.00. The molecule has 0 amide bonds. The summed E-state index contributed by atoms with van der Waals surface area (Å²) in [6.07, 6.45) is 5.69. The van der Waals surface area contributed by atoms with E-state index in [-0.39, 0.29) is 11.5 Å². The highest BCUT2D eigenvalue weighted by atomic mass is 16.3. The van der Waals surface area contributed by atoms with E-state index >= 15 is 0 Å². The van der Waals surface area contributed by atoms with E-state index in [1.807, 2.05) is 0 Å². The first-order valence-electron chi connectivity index (χ1n) is 5.52. The molecule has 1 saturated carbocycles. The van der Waals surface area contributed by atoms with E-state index in [1.54, 1.807) is 0 Å². The van der Waals surface area contributed by atoms with Crippen molar-refractivity contribution in [3.05, 3.63) is 0 Å². The molecule has 2 atom stereocenters. The van der Waals surface area contributed by atoms with Gasteiger partial charge >= 0.3 is 0 Å². The number of aliphatic hydroxyl groups excluding tert-OH is 1. The molecular weight excluding hydrogens is 162 g/mol. The van der Waals surface area contributed by atoms with Crippen LogP contribution in [0, 0.1) is 11.3 Å². The van der Waals surface area contributed by atoms with Crippen LogP contribution >= 0.6 is 0 Å². The Balaban J connectivity index is 2.58. The van der Waals surface area contributed by atoms with Gasteiger partial charge in [-0.25, -0.2) is 0 Å². The Morgan fingerprint density at radius 2 is 1.92 bits per heavy atom. The Bertz CT molecular complexity index is 148. The highest BCUT2D eigenvalue weighted by molar-refractivity contribution is 4.90. The van der Waals surface area contributed by atoms with Gasteiger partial charge in [-0.05, 0) is 37.1 Å². The molecule has 0 aromatic rings. The van der Waals surface area contributed by atoms with Crippen LogP contribution in [0.1, 0.15) is 46.0 Å². The number of hydrogen-bond donors (Lipinski definition) is 2. The van der Waals surface area contributed by atoms with Gasteiger partial charge in [-0.15, -0.1) is 0 Å². The molecule has 0 heterocycles. The van der Waals surface area contributed by atoms with Gasteiger partial charge in [0.2, 0.25) is 0 Å². The summed E-state index contributed by atoms with van der Waals surface area (Å²) >= 11 is 0. The quantitative estimate of drug-likeness (QED) is 0.703. The molecule has 0 radical (unpaired) electrons. The SMILES string of the molecule is CCC(CN)C(O)C1(C)CCCC1. The zero-order chi connectivity index (χ0) is 9.90. The summed E-state index contributed by atoms with van der Waals surface area (Å²) in [5, 5.41) is 10.2. The maximum atomic E-state index is 10.2. The molecule has 0 aromatic carbocycles. The molecule has 0 aliphatic heterocycles. The summed E-state index contributed by atoms with van der Waals surface area (Å²) in [4.78, 5) is 0. The lowest BCUT2D eigenvalue weighted by atomic mass is 9.76. The Labute approximate surface area is 81.5 Å². The van der Waals surface area contributed by atoms with Crippen LogP contribution in [0.4, 0.5) is 0 Å². The first-order valence-corrected chi connectivity index (χ1v) is 5.52. The third kappa shape index (κ3) is 2.23. The van der Waals surface area contributed by atoms with E-state index < -0.39 is 0 Å². The third-order valence-corrected chi connectivity index (χ3v) is 3.73. The minimum Gasteiger partial charge on any atom is -0.392 e. The van der Waals surface area contributed by atoms with Crippen molar-refractivity contribution in [2.45, 2.75) is 52.1 Å². The number of hydrogen-bond acceptors (Lipinski definition) is 2. The second-order valence-electron chi connectivity index (χ2n) is 4.71. The normalized spacial score (nSPS) is 25.8. The van der Waals surface area contributed by atoms with Gasteiger partial charge < -0.3 is 10.8 Å². The van der Waals surface area contributed by atoms with Crippen molar-refractivity contribution in [2.75, 3.05) is 6.54 Å². The van der Waals surface area contributed by atoms with Crippen molar-refractivity contribution < 1.29 is 5.11 Å². The molecule has 0 saturated heterocycles. The van der Waals surface area contributed by atoms with E-state index in [2.05, 4.69) is 13.8 Å². The molecule has 1 rings (SSSR count). The first-order chi connectivity index (χ1) is 6.14. The second kappa shape index (κ2) is 4.43. The Hall–Kier alpha value is -0.0800. The molecule has 0 bridgehead atoms. The molecule has 13 heavy (non-hydrogen) atoms. The van der Waals surface area contributed by atoms with Crippen LogP contribution in [0.2, 0.25) is 0 Å². The Kier molecular flexibility index (Phi) is 3.74. The fourth-order valence-corrected chi connectivity index (χ4v) is 2.57. The van der Waals surface area contributed by atoms with E-state index in [0.717, 1.165) is 6.42 Å². The average Bonchev–Trinajstić information content (AvgIpc) is 2.55. The van der Waals surface area contributed by atoms with Gasteiger partial charge in [-0.1, -0.05) is 26.7 Å². The van der Waals surface area contributed by atoms with Crippen LogP contribution in [0.25, 0.3) is 0 Å². The summed E-state index contributed by atoms with van der Waals surface area (Å²) in [6.45, 7) is 4.94. The summed E-state index contributed by atoms with van der Waals surface area (Å²) in [6, 6.07) is 0. The van der Waals surface area contributed by atoms with Crippen LogP contribution < -0.4 is 5.73 Å². The van der Waals surface area contributed by atoms with E-state index in [9.17, 15) is 5.11 Å². The van der Waals surface area contributed by atoms with Gasteiger partial charge in [0, 0.05) is 0 Å². The van der Waals surface area contributed by atoms with Crippen molar-refractivity contribution in [2.24, 2.45) is 17.1 Å². The highest BCUT2D eigenvalue weighted by Crippen LogP contribution is 2.43. The standard InChI is InChI=1S/C11H23NO/c1-3-9(8-12)10(13)11(2)6-4-5-7-11/h9-10,13H,3-8,12H2,1-2H3. The van der Waals surface area contributed by atoms with Gasteiger partial charge in [-0.2, -0.15) is 0 Å². The van der Waals surface area contributed by atoms with Crippen molar-refractivity contribution in [1.29, 1.82) is 0 Å². The molecule has 0 spiro atoms. The summed E-state index contributed by atoms with van der Waals surface area (Å²) < 4.78 is 0. The van der Waals surface area contributed by atoms with Gasteiger partial charge in [-0.3, -0.25) is 0 Å². The molecule has 2 nitrogen and oxygen atoms in total. The second-order valence-corrected chi connectivity index (χ2v) is 4.71. The van der Waals surface area contributed by atoms with Gasteiger partial charge in [0.25, 0.3) is 0 Å². The smallest absolute Gasteiger partial charge is 0.0633 e. The van der Waals surface area contributed by atoms with E-state index in [0.29, 0.717) is 12.5 Å². The molecular formula is C11H23NO. The summed E-state index contributed by atoms with van der Waals surface area (Å²) in [7, 11) is 0. The molecule has 1 aliphatic carbocycles. The van der Waals surface area contributed by atoms with Crippen molar-refractivity contribution in [3.8, 4) is 0 Å². The monoisotopic (exact) mass is 185 g/mol. The molecule has 2 heteroatoms. The largest absolute Gasteiger partial charge is 0.392 e. The van der Waals surface area contributed by atoms with E-state index in [4.69, 9.17) is 5.73 Å². The van der Waals surface area contributed by atoms with Crippen LogP contribution in [-0.4, -0.2) is 17.8 Å². The highest BCUT2D eigenvalue weighted by Gasteiger charge is 2.38. The van der Waals surface area contributed by atoms with Crippen LogP contribution in [0.3, 0.4) is 0 Å². The number of aliphatic hydroxyl groups is 1. The maximum Gasteiger partial charge on any atom is 0.0633 e. The van der Waals surface area contributed by atoms with Gasteiger partial charge in [0.15, 0.2) is 0 Å². The van der Waals surface area contributed by atoms with Crippen molar-refractivity contribution in [3.63, 3.8) is 0 Å². The predicted molar refractivity (Wildman–Crippen MR) is 55.4 cm³/mol. The van der Waals surface area contributed by atoms with Crippen molar-refractivity contribution >= 4 is 0 Å². The Morgan fingerprint density at radius 3 is 2.31 bits per heavy atom. The van der Waals surface area contributed by atoms with Crippen LogP contribution in [0.15, 0.2) is 0 Å². The lowest BCUT2D eigenvalue weighted by Gasteiger charge is -2.35. The third-order valence-electron chi connectivity index (χ3n) is 3.73. The van der Waals surface area contributed by atoms with Crippen molar-refractivity contribution in [1.82, 2.24) is 0 Å². The molecule has 2 unspecified atom stereocenters. The lowest BCUT2D eigenvalue weighted by molar-refractivity contribution is -0.00413. The Morgan fingerprint density at radius 1 is 1.38 bits per heavy atom. The molecule has 0 aromatic heterocycles.